The summed E-state index contributed by atoms with van der Waals surface area (Å²) in [5, 5.41) is 21.5. The summed E-state index contributed by atoms with van der Waals surface area (Å²) in [7, 11) is 0. The highest BCUT2D eigenvalue weighted by Crippen LogP contribution is 2.31. The molecule has 6 aliphatic rings. The van der Waals surface area contributed by atoms with Gasteiger partial charge >= 0.3 is 0 Å². The van der Waals surface area contributed by atoms with Crippen molar-refractivity contribution in [2.24, 2.45) is 0 Å². The molecule has 0 unspecified atom stereocenters. The van der Waals surface area contributed by atoms with Crippen LogP contribution in [-0.4, -0.2) is 221 Å². The number of aldehydes is 6. The van der Waals surface area contributed by atoms with Crippen molar-refractivity contribution in [3.63, 3.8) is 0 Å². The quantitative estimate of drug-likeness (QED) is 0.0203. The highest BCUT2D eigenvalue weighted by molar-refractivity contribution is 6.39. The van der Waals surface area contributed by atoms with Crippen molar-refractivity contribution in [3.8, 4) is 0 Å². The van der Waals surface area contributed by atoms with E-state index in [4.69, 9.17) is 34.8 Å². The molecule has 24 heteroatoms. The molecule has 0 saturated carbocycles. The number of aryl methyl sites for hydroxylation is 2. The van der Waals surface area contributed by atoms with Crippen molar-refractivity contribution in [2.45, 2.75) is 169 Å². The molecule has 6 aromatic carbocycles. The van der Waals surface area contributed by atoms with Crippen molar-refractivity contribution in [1.29, 1.82) is 0 Å². The lowest BCUT2D eigenvalue weighted by Crippen LogP contribution is -2.54. The standard InChI is InChI=1S/C16H24N2O.C14H18Cl2N2O.C14H19ClN2O.C14H18F2N2O.C14H19FN2O.C14H20N2O/c1-4-5-6-18-9-15(10-18)17-14-7-12(2)16(11-19)13(3)8-14;1-2-3-4-18-7-11(8-18)17-10-5-13(15)12(9-19)14(16)6-10;1-2-3-6-17-8-13(9-17)16-12-5-4-11(10-18)14(15)7-12;1-2-3-4-18-7-11(8-18)17-10-5-13(15)12(9-19)14(16)6-10;1-2-3-6-17-8-13(9-17)16-12-5-4-11(10-18)14(15)7-12;1-2-3-8-16-9-14(10-16)15-13-6-4-12(11-17)5-7-13/h7-8,11,15,17H,4-6,9-10H2,1-3H3;5-6,9,11,17H,2-4,7-8H2,1H3;4-5,7,10,13,16H,2-3,6,8-9H2,1H3;5-6,9,11,17H,2-4,7-8H2,1H3;4-5,7,10,13,16H,2-3,6,8-9H2,1H3;4-7,11,14-15H,2-3,8-10H2,1H3. The van der Waals surface area contributed by atoms with Crippen molar-refractivity contribution in [1.82, 2.24) is 29.4 Å². The summed E-state index contributed by atoms with van der Waals surface area (Å²) in [6.07, 6.45) is 18.9. The molecule has 0 bridgehead atoms. The molecule has 6 aromatic rings. The number of anilines is 6. The molecule has 6 aliphatic heterocycles. The number of nitrogens with zero attached hydrogens (tertiary/aromatic N) is 6. The predicted molar refractivity (Wildman–Crippen MR) is 448 cm³/mol. The Morgan fingerprint density at radius 1 is 0.309 bits per heavy atom. The average molecular weight is 1580 g/mol. The summed E-state index contributed by atoms with van der Waals surface area (Å²) in [6, 6.07) is 30.4. The van der Waals surface area contributed by atoms with E-state index in [2.05, 4.69) is 115 Å². The van der Waals surface area contributed by atoms with Crippen LogP contribution in [0.25, 0.3) is 0 Å². The Bertz CT molecular complexity index is 3480. The Morgan fingerprint density at radius 2 is 0.582 bits per heavy atom. The van der Waals surface area contributed by atoms with Crippen LogP contribution in [0.15, 0.2) is 97.1 Å². The second-order valence-corrected chi connectivity index (χ2v) is 31.0. The van der Waals surface area contributed by atoms with Crippen molar-refractivity contribution in [3.05, 3.63) is 174 Å². The van der Waals surface area contributed by atoms with Crippen molar-refractivity contribution in [2.75, 3.05) is 150 Å². The fourth-order valence-electron chi connectivity index (χ4n) is 13.7. The van der Waals surface area contributed by atoms with E-state index in [1.807, 2.05) is 50.2 Å². The summed E-state index contributed by atoms with van der Waals surface area (Å²) in [5.41, 5.74) is 9.41. The number of carbonyl (C=O) groups excluding carboxylic acids is 6. The number of hydrogen-bond acceptors (Lipinski definition) is 18. The average Bonchev–Trinajstić information content (AvgIpc) is 0.773. The first kappa shape index (κ1) is 89.8. The van der Waals surface area contributed by atoms with Gasteiger partial charge in [-0.25, -0.2) is 13.2 Å². The molecule has 0 aromatic heterocycles. The zero-order valence-corrected chi connectivity index (χ0v) is 68.0. The summed E-state index contributed by atoms with van der Waals surface area (Å²) in [5.74, 6) is -2.10. The van der Waals surface area contributed by atoms with Gasteiger partial charge in [0.15, 0.2) is 31.4 Å². The Kier molecular flexibility index (Phi) is 39.0. The zero-order chi connectivity index (χ0) is 79.5. The minimum atomic E-state index is -0.820. The third-order valence-corrected chi connectivity index (χ3v) is 21.3. The topological polar surface area (TPSA) is 194 Å². The number of halogens is 6. The molecule has 0 amide bonds. The Balaban J connectivity index is 0.000000184. The van der Waals surface area contributed by atoms with Gasteiger partial charge in [0, 0.05) is 129 Å². The SMILES string of the molecule is CCCCN1CC(Nc2cc(C)c(C=O)c(C)c2)C1.CCCCN1CC(Nc2cc(Cl)c(C=O)c(Cl)c2)C1.CCCCN1CC(Nc2cc(F)c(C=O)c(F)c2)C1.CCCCN1CC(Nc2ccc(C=O)c(Cl)c2)C1.CCCCN1CC(Nc2ccc(C=O)c(F)c2)C1.CCCCN1CC(Nc2ccc(C=O)cc2)C1. The van der Waals surface area contributed by atoms with Gasteiger partial charge in [-0.1, -0.05) is 115 Å². The van der Waals surface area contributed by atoms with Crippen LogP contribution in [0.4, 0.5) is 47.3 Å². The third-order valence-electron chi connectivity index (χ3n) is 20.3. The second-order valence-electron chi connectivity index (χ2n) is 29.8. The van der Waals surface area contributed by atoms with E-state index in [1.165, 1.54) is 121 Å². The van der Waals surface area contributed by atoms with E-state index in [1.54, 1.807) is 24.3 Å². The molecule has 6 fully saturated rings. The number of benzene rings is 6. The fraction of sp³-hybridized carbons (Fsp3) is 0.512. The van der Waals surface area contributed by atoms with Crippen LogP contribution in [-0.2, 0) is 0 Å². The summed E-state index contributed by atoms with van der Waals surface area (Å²) < 4.78 is 40.2. The molecule has 0 spiro atoms. The monoisotopic (exact) mass is 1580 g/mol. The largest absolute Gasteiger partial charge is 0.380 e. The summed E-state index contributed by atoms with van der Waals surface area (Å²) in [6.45, 7) is 36.8. The van der Waals surface area contributed by atoms with Gasteiger partial charge in [-0.3, -0.25) is 58.2 Å². The second kappa shape index (κ2) is 47.8. The highest BCUT2D eigenvalue weighted by atomic mass is 35.5. The van der Waals surface area contributed by atoms with E-state index in [-0.39, 0.29) is 17.9 Å². The van der Waals surface area contributed by atoms with Gasteiger partial charge < -0.3 is 31.9 Å². The molecular formula is C86H118Cl3F3N12O6. The van der Waals surface area contributed by atoms with Gasteiger partial charge in [0.05, 0.1) is 68.0 Å². The van der Waals surface area contributed by atoms with E-state index < -0.39 is 23.0 Å². The fourth-order valence-corrected chi connectivity index (χ4v) is 14.5. The van der Waals surface area contributed by atoms with Crippen LogP contribution in [0, 0.1) is 31.3 Å². The summed E-state index contributed by atoms with van der Waals surface area (Å²) >= 11 is 18.0. The number of unbranched alkanes of at least 4 members (excludes halogenated alkanes) is 6. The van der Waals surface area contributed by atoms with Gasteiger partial charge in [0.2, 0.25) is 0 Å². The minimum Gasteiger partial charge on any atom is -0.380 e. The first-order valence-electron chi connectivity index (χ1n) is 39.6. The first-order valence-corrected chi connectivity index (χ1v) is 40.7. The molecule has 0 radical (unpaired) electrons. The maximum atomic E-state index is 13.4. The Morgan fingerprint density at radius 3 is 0.882 bits per heavy atom. The molecule has 12 rings (SSSR count). The van der Waals surface area contributed by atoms with Gasteiger partial charge in [-0.15, -0.1) is 0 Å². The Hall–Kier alpha value is -7.44. The lowest BCUT2D eigenvalue weighted by atomic mass is 10.0. The van der Waals surface area contributed by atoms with Gasteiger partial charge in [-0.2, -0.15) is 0 Å². The molecule has 0 atom stereocenters. The minimum absolute atomic E-state index is 0.110. The molecule has 0 aliphatic carbocycles. The highest BCUT2D eigenvalue weighted by Gasteiger charge is 2.31. The maximum absolute atomic E-state index is 13.4. The normalized spacial score (nSPS) is 16.3. The van der Waals surface area contributed by atoms with E-state index in [9.17, 15) is 41.9 Å². The number of hydrogen-bond donors (Lipinski definition) is 6. The number of likely N-dealkylation sites (tertiary alicyclic amines) is 6. The lowest BCUT2D eigenvalue weighted by molar-refractivity contribution is 0.110. The first-order chi connectivity index (χ1) is 53.2. The van der Waals surface area contributed by atoms with Crippen LogP contribution in [0.2, 0.25) is 15.1 Å². The van der Waals surface area contributed by atoms with Gasteiger partial charge in [-0.05, 0) is 200 Å². The summed E-state index contributed by atoms with van der Waals surface area (Å²) in [4.78, 5) is 78.4. The predicted octanol–water partition coefficient (Wildman–Crippen LogP) is 17.4. The molecule has 6 N–H and O–H groups in total. The lowest BCUT2D eigenvalue weighted by Gasteiger charge is -2.40. The molecule has 600 valence electrons. The number of rotatable bonds is 36. The third kappa shape index (κ3) is 29.3. The van der Waals surface area contributed by atoms with Crippen molar-refractivity contribution < 1.29 is 41.9 Å². The molecule has 110 heavy (non-hydrogen) atoms. The van der Waals surface area contributed by atoms with Crippen LogP contribution in [0.5, 0.6) is 0 Å². The van der Waals surface area contributed by atoms with Gasteiger partial charge in [0.1, 0.15) is 23.7 Å². The van der Waals surface area contributed by atoms with Crippen LogP contribution >= 0.6 is 34.8 Å². The maximum Gasteiger partial charge on any atom is 0.155 e. The Labute approximate surface area is 666 Å². The van der Waals surface area contributed by atoms with Crippen LogP contribution in [0.3, 0.4) is 0 Å². The van der Waals surface area contributed by atoms with Crippen LogP contribution in [0.1, 0.15) is 192 Å². The van der Waals surface area contributed by atoms with E-state index in [0.29, 0.717) is 74.7 Å². The molecule has 6 heterocycles. The van der Waals surface area contributed by atoms with Crippen molar-refractivity contribution >= 4 is 107 Å². The van der Waals surface area contributed by atoms with E-state index >= 15 is 0 Å². The molecular weight excluding hydrogens is 1460 g/mol. The number of carbonyl (C=O) groups is 6. The van der Waals surface area contributed by atoms with E-state index in [0.717, 1.165) is 168 Å². The smallest absolute Gasteiger partial charge is 0.155 e. The van der Waals surface area contributed by atoms with Gasteiger partial charge in [0.25, 0.3) is 0 Å². The van der Waals surface area contributed by atoms with Crippen LogP contribution < -0.4 is 31.9 Å². The zero-order valence-electron chi connectivity index (χ0n) is 65.8. The molecule has 6 saturated heterocycles. The molecule has 18 nitrogen and oxygen atoms in total. The number of nitrogens with one attached hydrogen (secondary N) is 6.